The van der Waals surface area contributed by atoms with E-state index in [0.29, 0.717) is 25.7 Å². The van der Waals surface area contributed by atoms with E-state index in [0.717, 1.165) is 41.5 Å². The van der Waals surface area contributed by atoms with Crippen molar-refractivity contribution in [2.24, 2.45) is 4.99 Å². The van der Waals surface area contributed by atoms with E-state index in [1.54, 1.807) is 14.2 Å². The highest BCUT2D eigenvalue weighted by atomic mass is 127. The molecule has 1 saturated heterocycles. The van der Waals surface area contributed by atoms with Gasteiger partial charge in [-0.25, -0.2) is 4.68 Å². The molecule has 8 nitrogen and oxygen atoms in total. The number of nitrogens with zero attached hydrogens (tertiary/aromatic N) is 3. The number of ether oxygens (including phenoxy) is 3. The van der Waals surface area contributed by atoms with Crippen LogP contribution in [0.3, 0.4) is 0 Å². The molecule has 2 aromatic carbocycles. The lowest BCUT2D eigenvalue weighted by Gasteiger charge is -2.18. The number of aromatic nitrogens is 2. The second-order valence-corrected chi connectivity index (χ2v) is 7.94. The molecule has 2 N–H and O–H groups in total. The fraction of sp³-hybridized carbons (Fsp3) is 0.360. The van der Waals surface area contributed by atoms with Crippen molar-refractivity contribution in [3.63, 3.8) is 0 Å². The van der Waals surface area contributed by atoms with Crippen LogP contribution in [-0.2, 0) is 17.8 Å². The molecular formula is C25H32IN5O3. The first-order valence-electron chi connectivity index (χ1n) is 11.1. The number of hydrogen-bond donors (Lipinski definition) is 2. The Morgan fingerprint density at radius 2 is 1.94 bits per heavy atom. The highest BCUT2D eigenvalue weighted by molar-refractivity contribution is 14.0. The molecule has 0 saturated carbocycles. The van der Waals surface area contributed by atoms with Gasteiger partial charge in [-0.1, -0.05) is 12.1 Å². The zero-order valence-electron chi connectivity index (χ0n) is 19.8. The van der Waals surface area contributed by atoms with Gasteiger partial charge in [0.15, 0.2) is 5.96 Å². The fourth-order valence-electron chi connectivity index (χ4n) is 3.61. The van der Waals surface area contributed by atoms with Gasteiger partial charge in [0, 0.05) is 31.8 Å². The van der Waals surface area contributed by atoms with E-state index in [1.165, 1.54) is 5.56 Å². The second kappa shape index (κ2) is 12.6. The van der Waals surface area contributed by atoms with Crippen molar-refractivity contribution in [3.05, 3.63) is 71.5 Å². The van der Waals surface area contributed by atoms with Gasteiger partial charge in [0.1, 0.15) is 17.6 Å². The first-order valence-corrected chi connectivity index (χ1v) is 11.1. The number of aryl methyl sites for hydroxylation is 1. The lowest BCUT2D eigenvalue weighted by atomic mass is 10.1. The molecule has 1 unspecified atom stereocenters. The minimum atomic E-state index is 0. The van der Waals surface area contributed by atoms with Gasteiger partial charge in [-0.3, -0.25) is 4.99 Å². The molecule has 9 heteroatoms. The number of benzene rings is 2. The van der Waals surface area contributed by atoms with Crippen LogP contribution in [-0.4, -0.2) is 49.2 Å². The van der Waals surface area contributed by atoms with Crippen molar-refractivity contribution in [1.29, 1.82) is 0 Å². The molecule has 2 heterocycles. The smallest absolute Gasteiger partial charge is 0.191 e. The molecule has 3 aromatic rings. The third kappa shape index (κ3) is 6.86. The number of rotatable bonds is 8. The van der Waals surface area contributed by atoms with Crippen molar-refractivity contribution in [1.82, 2.24) is 20.4 Å². The number of aliphatic imine (C=N–C) groups is 1. The number of nitrogens with one attached hydrogen (secondary N) is 2. The maximum atomic E-state index is 6.20. The molecule has 0 radical (unpaired) electrons. The molecule has 0 aliphatic carbocycles. The van der Waals surface area contributed by atoms with Crippen LogP contribution in [0.4, 0.5) is 0 Å². The monoisotopic (exact) mass is 577 g/mol. The number of halogens is 1. The minimum absolute atomic E-state index is 0. The molecular weight excluding hydrogens is 545 g/mol. The molecule has 0 amide bonds. The van der Waals surface area contributed by atoms with Gasteiger partial charge in [-0.05, 0) is 48.9 Å². The van der Waals surface area contributed by atoms with E-state index in [2.05, 4.69) is 45.8 Å². The van der Waals surface area contributed by atoms with Gasteiger partial charge in [0.25, 0.3) is 0 Å². The van der Waals surface area contributed by atoms with Gasteiger partial charge in [0.05, 0.1) is 38.2 Å². The molecule has 34 heavy (non-hydrogen) atoms. The van der Waals surface area contributed by atoms with E-state index in [-0.39, 0.29) is 30.1 Å². The largest absolute Gasteiger partial charge is 0.497 e. The van der Waals surface area contributed by atoms with Gasteiger partial charge in [0.2, 0.25) is 0 Å². The molecule has 1 aliphatic rings. The Kier molecular flexibility index (Phi) is 9.58. The molecule has 1 atom stereocenters. The Morgan fingerprint density at radius 1 is 1.15 bits per heavy atom. The van der Waals surface area contributed by atoms with E-state index >= 15 is 0 Å². The quantitative estimate of drug-likeness (QED) is 0.241. The van der Waals surface area contributed by atoms with Crippen LogP contribution >= 0.6 is 24.0 Å². The molecule has 1 aromatic heterocycles. The van der Waals surface area contributed by atoms with Crippen LogP contribution in [0.25, 0.3) is 5.69 Å². The Hall–Kier alpha value is -2.79. The van der Waals surface area contributed by atoms with Crippen LogP contribution in [0.1, 0.15) is 23.2 Å². The predicted octanol–water partition coefficient (Wildman–Crippen LogP) is 3.84. The van der Waals surface area contributed by atoms with Gasteiger partial charge in [-0.2, -0.15) is 5.10 Å². The van der Waals surface area contributed by atoms with Gasteiger partial charge < -0.3 is 24.8 Å². The maximum Gasteiger partial charge on any atom is 0.191 e. The number of hydrogen-bond acceptors (Lipinski definition) is 5. The van der Waals surface area contributed by atoms with Crippen LogP contribution in [0.15, 0.2) is 59.7 Å². The molecule has 0 bridgehead atoms. The maximum absolute atomic E-state index is 6.20. The summed E-state index contributed by atoms with van der Waals surface area (Å²) >= 11 is 0. The number of guanidine groups is 1. The zero-order chi connectivity index (χ0) is 23.0. The molecule has 1 aliphatic heterocycles. The van der Waals surface area contributed by atoms with Crippen molar-refractivity contribution >= 4 is 29.9 Å². The van der Waals surface area contributed by atoms with Crippen LogP contribution in [0.2, 0.25) is 0 Å². The standard InChI is InChI=1S/C25H31N5O3.HI/c1-18-4-5-19(24(14-18)33-23-11-13-32-17-23)15-27-25(26-2)28-16-20-10-12-30(29-20)21-6-8-22(31-3)9-7-21;/h4-10,12,14,23H,11,13,15-17H2,1-3H3,(H2,26,27,28);1H. The van der Waals surface area contributed by atoms with Crippen molar-refractivity contribution in [2.45, 2.75) is 32.5 Å². The summed E-state index contributed by atoms with van der Waals surface area (Å²) in [6, 6.07) is 16.0. The Bertz CT molecular complexity index is 1080. The molecule has 0 spiro atoms. The Balaban J connectivity index is 0.00000324. The normalized spacial score (nSPS) is 15.5. The van der Waals surface area contributed by atoms with Crippen LogP contribution < -0.4 is 20.1 Å². The van der Waals surface area contributed by atoms with E-state index in [9.17, 15) is 0 Å². The van der Waals surface area contributed by atoms with Gasteiger partial charge >= 0.3 is 0 Å². The average Bonchev–Trinajstić information content (AvgIpc) is 3.53. The Morgan fingerprint density at radius 3 is 2.65 bits per heavy atom. The summed E-state index contributed by atoms with van der Waals surface area (Å²) in [6.45, 7) is 4.63. The van der Waals surface area contributed by atoms with E-state index in [1.807, 2.05) is 41.2 Å². The Labute approximate surface area is 217 Å². The first kappa shape index (κ1) is 25.8. The highest BCUT2D eigenvalue weighted by Gasteiger charge is 2.18. The lowest BCUT2D eigenvalue weighted by molar-refractivity contribution is 0.140. The molecule has 4 rings (SSSR count). The van der Waals surface area contributed by atoms with E-state index < -0.39 is 0 Å². The summed E-state index contributed by atoms with van der Waals surface area (Å²) < 4.78 is 18.7. The summed E-state index contributed by atoms with van der Waals surface area (Å²) in [7, 11) is 3.42. The van der Waals surface area contributed by atoms with Gasteiger partial charge in [-0.15, -0.1) is 24.0 Å². The lowest BCUT2D eigenvalue weighted by Crippen LogP contribution is -2.36. The predicted molar refractivity (Wildman–Crippen MR) is 144 cm³/mol. The highest BCUT2D eigenvalue weighted by Crippen LogP contribution is 2.24. The topological polar surface area (TPSA) is 81.9 Å². The third-order valence-corrected chi connectivity index (χ3v) is 5.49. The summed E-state index contributed by atoms with van der Waals surface area (Å²) in [4.78, 5) is 4.34. The SMILES string of the molecule is CN=C(NCc1ccn(-c2ccc(OC)cc2)n1)NCc1ccc(C)cc1OC1CCOC1.I. The zero-order valence-corrected chi connectivity index (χ0v) is 22.1. The van der Waals surface area contributed by atoms with E-state index in [4.69, 9.17) is 14.2 Å². The summed E-state index contributed by atoms with van der Waals surface area (Å²) in [6.07, 6.45) is 2.98. The molecule has 1 fully saturated rings. The summed E-state index contributed by atoms with van der Waals surface area (Å²) in [5, 5.41) is 11.3. The number of methoxy groups -OCH3 is 1. The van der Waals surface area contributed by atoms with Crippen molar-refractivity contribution in [2.75, 3.05) is 27.4 Å². The first-order chi connectivity index (χ1) is 16.1. The molecule has 182 valence electrons. The fourth-order valence-corrected chi connectivity index (χ4v) is 3.61. The van der Waals surface area contributed by atoms with Crippen molar-refractivity contribution < 1.29 is 14.2 Å². The summed E-state index contributed by atoms with van der Waals surface area (Å²) in [5.74, 6) is 2.41. The third-order valence-electron chi connectivity index (χ3n) is 5.49. The van der Waals surface area contributed by atoms with Crippen molar-refractivity contribution in [3.8, 4) is 17.2 Å². The second-order valence-electron chi connectivity index (χ2n) is 7.94. The average molecular weight is 577 g/mol. The van der Waals surface area contributed by atoms with Crippen LogP contribution in [0, 0.1) is 6.92 Å². The minimum Gasteiger partial charge on any atom is -0.497 e. The summed E-state index contributed by atoms with van der Waals surface area (Å²) in [5.41, 5.74) is 4.14. The van der Waals surface area contributed by atoms with Crippen LogP contribution in [0.5, 0.6) is 11.5 Å².